The highest BCUT2D eigenvalue weighted by Crippen LogP contribution is 2.07. The number of aromatic nitrogens is 3. The van der Waals surface area contributed by atoms with E-state index < -0.39 is 0 Å². The summed E-state index contributed by atoms with van der Waals surface area (Å²) < 4.78 is 0. The van der Waals surface area contributed by atoms with Crippen molar-refractivity contribution in [1.29, 1.82) is 0 Å². The summed E-state index contributed by atoms with van der Waals surface area (Å²) in [5.41, 5.74) is 1.37. The number of Topliss-reactive ketones (excluding diaryl/α,β-unsaturated/α-hetero) is 1. The van der Waals surface area contributed by atoms with Gasteiger partial charge in [0.05, 0.1) is 6.20 Å². The van der Waals surface area contributed by atoms with Gasteiger partial charge in [0.1, 0.15) is 5.69 Å². The Morgan fingerprint density at radius 1 is 1.54 bits per heavy atom. The van der Waals surface area contributed by atoms with Crippen molar-refractivity contribution in [2.24, 2.45) is 0 Å². The maximum atomic E-state index is 11.1. The molecule has 0 N–H and O–H groups in total. The van der Waals surface area contributed by atoms with Gasteiger partial charge in [-0.05, 0) is 18.1 Å². The van der Waals surface area contributed by atoms with E-state index in [1.165, 1.54) is 6.92 Å². The van der Waals surface area contributed by atoms with Crippen LogP contribution in [0.4, 0.5) is 0 Å². The number of nitrogens with zero attached hydrogens (tertiary/aromatic N) is 3. The van der Waals surface area contributed by atoms with Gasteiger partial charge < -0.3 is 0 Å². The summed E-state index contributed by atoms with van der Waals surface area (Å²) in [6.07, 6.45) is 4.63. The molecule has 0 bridgehead atoms. The van der Waals surface area contributed by atoms with Crippen molar-refractivity contribution in [1.82, 2.24) is 15.4 Å². The van der Waals surface area contributed by atoms with Crippen LogP contribution in [0.25, 0.3) is 0 Å². The Labute approximate surface area is 77.4 Å². The summed E-state index contributed by atoms with van der Waals surface area (Å²) in [7, 11) is 0. The van der Waals surface area contributed by atoms with Gasteiger partial charge in [-0.25, -0.2) is 0 Å². The third-order valence-corrected chi connectivity index (χ3v) is 1.85. The largest absolute Gasteiger partial charge is 0.293 e. The van der Waals surface area contributed by atoms with Crippen LogP contribution in [0.15, 0.2) is 6.20 Å². The van der Waals surface area contributed by atoms with Gasteiger partial charge >= 0.3 is 0 Å². The molecular weight excluding hydrogens is 166 g/mol. The molecule has 0 unspecified atom stereocenters. The van der Waals surface area contributed by atoms with Crippen LogP contribution in [0.5, 0.6) is 0 Å². The zero-order chi connectivity index (χ0) is 9.68. The van der Waals surface area contributed by atoms with Crippen LogP contribution in [0, 0.1) is 0 Å². The van der Waals surface area contributed by atoms with Crippen LogP contribution in [0.1, 0.15) is 42.7 Å². The van der Waals surface area contributed by atoms with Crippen LogP contribution in [0.2, 0.25) is 0 Å². The molecule has 1 aromatic rings. The minimum Gasteiger partial charge on any atom is -0.293 e. The van der Waals surface area contributed by atoms with Gasteiger partial charge in [0, 0.05) is 12.5 Å². The summed E-state index contributed by atoms with van der Waals surface area (Å²) in [6.45, 7) is 3.61. The van der Waals surface area contributed by atoms with Crippen molar-refractivity contribution < 1.29 is 4.79 Å². The van der Waals surface area contributed by atoms with Crippen molar-refractivity contribution in [3.05, 3.63) is 17.5 Å². The fraction of sp³-hybridized carbons (Fsp3) is 0.556. The van der Waals surface area contributed by atoms with Gasteiger partial charge in [0.25, 0.3) is 0 Å². The van der Waals surface area contributed by atoms with Crippen molar-refractivity contribution >= 4 is 5.78 Å². The SMILES string of the molecule is CCCCc1cnnnc1C(C)=O. The molecule has 0 atom stereocenters. The van der Waals surface area contributed by atoms with Crippen LogP contribution in [0.3, 0.4) is 0 Å². The van der Waals surface area contributed by atoms with Gasteiger partial charge in [0.2, 0.25) is 0 Å². The Bertz CT molecular complexity index is 299. The molecule has 13 heavy (non-hydrogen) atoms. The highest BCUT2D eigenvalue weighted by Gasteiger charge is 2.08. The highest BCUT2D eigenvalue weighted by molar-refractivity contribution is 5.93. The standard InChI is InChI=1S/C9H13N3O/c1-3-4-5-8-6-10-12-11-9(8)7(2)13/h6H,3-5H2,1-2H3. The number of carbonyl (C=O) groups is 1. The number of ketones is 1. The Morgan fingerprint density at radius 2 is 2.31 bits per heavy atom. The van der Waals surface area contributed by atoms with E-state index in [2.05, 4.69) is 22.3 Å². The summed E-state index contributed by atoms with van der Waals surface area (Å²) in [4.78, 5) is 11.1. The first-order chi connectivity index (χ1) is 6.25. The maximum Gasteiger partial charge on any atom is 0.180 e. The molecule has 0 amide bonds. The average molecular weight is 179 g/mol. The van der Waals surface area contributed by atoms with E-state index in [1.54, 1.807) is 6.20 Å². The predicted octanol–water partition coefficient (Wildman–Crippen LogP) is 1.42. The molecule has 0 aliphatic heterocycles. The lowest BCUT2D eigenvalue weighted by molar-refractivity contribution is 0.101. The lowest BCUT2D eigenvalue weighted by atomic mass is 10.1. The lowest BCUT2D eigenvalue weighted by Gasteiger charge is -2.01. The first-order valence-corrected chi connectivity index (χ1v) is 4.44. The highest BCUT2D eigenvalue weighted by atomic mass is 16.1. The number of aryl methyl sites for hydroxylation is 1. The van der Waals surface area contributed by atoms with E-state index in [9.17, 15) is 4.79 Å². The second-order valence-electron chi connectivity index (χ2n) is 2.97. The third-order valence-electron chi connectivity index (χ3n) is 1.85. The monoisotopic (exact) mass is 179 g/mol. The zero-order valence-corrected chi connectivity index (χ0v) is 7.95. The molecule has 0 aromatic carbocycles. The number of hydrogen-bond acceptors (Lipinski definition) is 4. The van der Waals surface area contributed by atoms with Crippen molar-refractivity contribution in [2.45, 2.75) is 33.1 Å². The molecule has 1 heterocycles. The van der Waals surface area contributed by atoms with Crippen LogP contribution in [-0.2, 0) is 6.42 Å². The minimum absolute atomic E-state index is 0.0407. The average Bonchev–Trinajstić information content (AvgIpc) is 2.15. The summed E-state index contributed by atoms with van der Waals surface area (Å²) in [5, 5.41) is 10.8. The first-order valence-electron chi connectivity index (χ1n) is 4.44. The molecule has 1 aromatic heterocycles. The Hall–Kier alpha value is -1.32. The molecule has 1 rings (SSSR count). The van der Waals surface area contributed by atoms with Gasteiger partial charge in [-0.3, -0.25) is 4.79 Å². The second-order valence-corrected chi connectivity index (χ2v) is 2.97. The molecular formula is C9H13N3O. The first kappa shape index (κ1) is 9.77. The maximum absolute atomic E-state index is 11.1. The molecule has 0 radical (unpaired) electrons. The van der Waals surface area contributed by atoms with E-state index in [-0.39, 0.29) is 5.78 Å². The molecule has 0 spiro atoms. The summed E-state index contributed by atoms with van der Waals surface area (Å²) in [6, 6.07) is 0. The number of unbranched alkanes of at least 4 members (excludes halogenated alkanes) is 1. The number of carbonyl (C=O) groups excluding carboxylic acids is 1. The van der Waals surface area contributed by atoms with E-state index in [4.69, 9.17) is 0 Å². The second kappa shape index (κ2) is 4.64. The van der Waals surface area contributed by atoms with E-state index in [0.29, 0.717) is 5.69 Å². The lowest BCUT2D eigenvalue weighted by Crippen LogP contribution is -2.06. The fourth-order valence-corrected chi connectivity index (χ4v) is 1.14. The quantitative estimate of drug-likeness (QED) is 0.656. The van der Waals surface area contributed by atoms with Crippen LogP contribution < -0.4 is 0 Å². The zero-order valence-electron chi connectivity index (χ0n) is 7.95. The van der Waals surface area contributed by atoms with E-state index in [0.717, 1.165) is 24.8 Å². The molecule has 0 aliphatic carbocycles. The minimum atomic E-state index is -0.0407. The molecule has 4 heteroatoms. The molecule has 0 aliphatic rings. The molecule has 0 fully saturated rings. The van der Waals surface area contributed by atoms with Crippen molar-refractivity contribution in [3.63, 3.8) is 0 Å². The molecule has 0 saturated carbocycles. The normalized spacial score (nSPS) is 10.0. The predicted molar refractivity (Wildman–Crippen MR) is 48.4 cm³/mol. The fourth-order valence-electron chi connectivity index (χ4n) is 1.14. The van der Waals surface area contributed by atoms with Crippen LogP contribution in [-0.4, -0.2) is 21.2 Å². The van der Waals surface area contributed by atoms with Gasteiger partial charge in [0.15, 0.2) is 5.78 Å². The Morgan fingerprint density at radius 3 is 2.92 bits per heavy atom. The summed E-state index contributed by atoms with van der Waals surface area (Å²) in [5.74, 6) is -0.0407. The smallest absolute Gasteiger partial charge is 0.180 e. The molecule has 4 nitrogen and oxygen atoms in total. The molecule has 0 saturated heterocycles. The number of hydrogen-bond donors (Lipinski definition) is 0. The number of rotatable bonds is 4. The summed E-state index contributed by atoms with van der Waals surface area (Å²) >= 11 is 0. The van der Waals surface area contributed by atoms with Crippen molar-refractivity contribution in [3.8, 4) is 0 Å². The van der Waals surface area contributed by atoms with Crippen molar-refractivity contribution in [2.75, 3.05) is 0 Å². The van der Waals surface area contributed by atoms with Gasteiger partial charge in [-0.1, -0.05) is 13.3 Å². The third kappa shape index (κ3) is 2.57. The topological polar surface area (TPSA) is 55.7 Å². The van der Waals surface area contributed by atoms with E-state index in [1.807, 2.05) is 0 Å². The van der Waals surface area contributed by atoms with Gasteiger partial charge in [-0.2, -0.15) is 0 Å². The Kier molecular flexibility index (Phi) is 3.49. The van der Waals surface area contributed by atoms with E-state index >= 15 is 0 Å². The Balaban J connectivity index is 2.84. The molecule has 70 valence electrons. The van der Waals surface area contributed by atoms with Gasteiger partial charge in [-0.15, -0.1) is 10.2 Å². The van der Waals surface area contributed by atoms with Crippen LogP contribution >= 0.6 is 0 Å².